The van der Waals surface area contributed by atoms with Crippen LogP contribution in [0.2, 0.25) is 0 Å². The summed E-state index contributed by atoms with van der Waals surface area (Å²) in [5.74, 6) is 0.336. The average molecular weight is 646 g/mol. The van der Waals surface area contributed by atoms with Crippen molar-refractivity contribution in [1.29, 1.82) is 0 Å². The number of aromatic amines is 2. The first-order valence-electron chi connectivity index (χ1n) is 16.5. The van der Waals surface area contributed by atoms with Crippen LogP contribution in [0, 0.1) is 11.7 Å². The molecule has 4 aromatic heterocycles. The molecule has 0 atom stereocenters. The van der Waals surface area contributed by atoms with Crippen LogP contribution in [-0.4, -0.2) is 70.3 Å². The molecule has 0 bridgehead atoms. The third-order valence-corrected chi connectivity index (χ3v) is 8.81. The van der Waals surface area contributed by atoms with Gasteiger partial charge in [-0.2, -0.15) is 5.10 Å². The van der Waals surface area contributed by atoms with Gasteiger partial charge in [-0.05, 0) is 113 Å². The Morgan fingerprint density at radius 1 is 1.08 bits per heavy atom. The Balaban J connectivity index is 1.28. The van der Waals surface area contributed by atoms with E-state index < -0.39 is 0 Å². The summed E-state index contributed by atoms with van der Waals surface area (Å²) in [5.41, 5.74) is 9.24. The fourth-order valence-electron chi connectivity index (χ4n) is 6.29. The highest BCUT2D eigenvalue weighted by atomic mass is 19.1. The largest absolute Gasteiger partial charge is 0.384 e. The first-order chi connectivity index (χ1) is 23.3. The van der Waals surface area contributed by atoms with Gasteiger partial charge in [0.25, 0.3) is 0 Å². The summed E-state index contributed by atoms with van der Waals surface area (Å²) in [7, 11) is 4.02. The molecule has 10 heteroatoms. The Labute approximate surface area is 281 Å². The summed E-state index contributed by atoms with van der Waals surface area (Å²) >= 11 is 0. The molecule has 0 saturated carbocycles. The van der Waals surface area contributed by atoms with Crippen LogP contribution in [0.3, 0.4) is 0 Å². The third kappa shape index (κ3) is 7.56. The highest BCUT2D eigenvalue weighted by molar-refractivity contribution is 6.00. The normalized spacial score (nSPS) is 14.6. The number of nitrogens with zero attached hydrogens (tertiary/aromatic N) is 4. The molecule has 1 saturated heterocycles. The molecule has 1 aromatic carbocycles. The van der Waals surface area contributed by atoms with Gasteiger partial charge < -0.3 is 25.8 Å². The van der Waals surface area contributed by atoms with Crippen LogP contribution in [0.15, 0.2) is 91.7 Å². The lowest BCUT2D eigenvalue weighted by molar-refractivity contribution is 0.368. The first-order valence-corrected chi connectivity index (χ1v) is 16.5. The molecule has 0 aliphatic carbocycles. The summed E-state index contributed by atoms with van der Waals surface area (Å²) in [6.07, 6.45) is 14.6. The molecule has 0 amide bonds. The minimum Gasteiger partial charge on any atom is -0.384 e. The highest BCUT2D eigenvalue weighted by Crippen LogP contribution is 2.35. The van der Waals surface area contributed by atoms with Crippen molar-refractivity contribution in [2.75, 3.05) is 45.6 Å². The highest BCUT2D eigenvalue weighted by Gasteiger charge is 2.17. The van der Waals surface area contributed by atoms with Gasteiger partial charge >= 0.3 is 0 Å². The van der Waals surface area contributed by atoms with Crippen molar-refractivity contribution in [2.24, 2.45) is 5.92 Å². The molecule has 1 aliphatic heterocycles. The number of H-pyrrole nitrogens is 2. The van der Waals surface area contributed by atoms with Crippen LogP contribution < -0.4 is 16.0 Å². The number of anilines is 1. The van der Waals surface area contributed by atoms with E-state index in [1.54, 1.807) is 18.5 Å². The number of allylic oxidation sites excluding steroid dienone is 5. The van der Waals surface area contributed by atoms with Crippen LogP contribution in [0.4, 0.5) is 10.1 Å². The van der Waals surface area contributed by atoms with E-state index in [1.807, 2.05) is 39.4 Å². The van der Waals surface area contributed by atoms with Gasteiger partial charge in [0.2, 0.25) is 0 Å². The summed E-state index contributed by atoms with van der Waals surface area (Å²) in [6.45, 7) is 14.0. The monoisotopic (exact) mass is 645 g/mol. The zero-order valence-corrected chi connectivity index (χ0v) is 28.0. The maximum atomic E-state index is 14.8. The maximum absolute atomic E-state index is 14.8. The Bertz CT molecular complexity index is 1990. The topological polar surface area (TPSA) is 110 Å². The molecule has 5 aromatic rings. The van der Waals surface area contributed by atoms with Crippen molar-refractivity contribution in [3.8, 4) is 22.5 Å². The Morgan fingerprint density at radius 2 is 1.92 bits per heavy atom. The predicted molar refractivity (Wildman–Crippen MR) is 196 cm³/mol. The quantitative estimate of drug-likeness (QED) is 0.0859. The van der Waals surface area contributed by atoms with Crippen LogP contribution in [0.1, 0.15) is 31.7 Å². The number of rotatable bonds is 13. The van der Waals surface area contributed by atoms with E-state index in [2.05, 4.69) is 83.4 Å². The minimum absolute atomic E-state index is 0.305. The van der Waals surface area contributed by atoms with E-state index in [1.165, 1.54) is 18.9 Å². The fraction of sp³-hybridized carbons (Fsp3) is 0.289. The van der Waals surface area contributed by atoms with Gasteiger partial charge in [-0.1, -0.05) is 19.2 Å². The second-order valence-corrected chi connectivity index (χ2v) is 12.7. The Hall–Kier alpha value is -5.06. The fourth-order valence-corrected chi connectivity index (χ4v) is 6.29. The average Bonchev–Trinajstić information content (AvgIpc) is 3.70. The molecule has 0 radical (unpaired) electrons. The number of piperidine rings is 1. The van der Waals surface area contributed by atoms with Gasteiger partial charge in [-0.3, -0.25) is 10.1 Å². The van der Waals surface area contributed by atoms with Gasteiger partial charge in [0, 0.05) is 64.5 Å². The van der Waals surface area contributed by atoms with E-state index in [0.717, 1.165) is 93.1 Å². The number of fused-ring (bicyclic) bond motifs is 2. The molecule has 1 aliphatic rings. The van der Waals surface area contributed by atoms with Crippen molar-refractivity contribution < 1.29 is 4.39 Å². The zero-order valence-electron chi connectivity index (χ0n) is 28.0. The van der Waals surface area contributed by atoms with E-state index in [9.17, 15) is 4.39 Å². The summed E-state index contributed by atoms with van der Waals surface area (Å²) in [5, 5.41) is 19.7. The number of pyridine rings is 2. The molecule has 6 rings (SSSR count). The first kappa shape index (κ1) is 32.9. The lowest BCUT2D eigenvalue weighted by Crippen LogP contribution is -2.28. The molecule has 1 fully saturated rings. The van der Waals surface area contributed by atoms with Crippen molar-refractivity contribution in [1.82, 2.24) is 40.7 Å². The molecular weight excluding hydrogens is 601 g/mol. The van der Waals surface area contributed by atoms with Crippen molar-refractivity contribution in [3.05, 3.63) is 103 Å². The number of nitrogens with one attached hydrogen (secondary N) is 5. The third-order valence-electron chi connectivity index (χ3n) is 8.81. The van der Waals surface area contributed by atoms with Crippen molar-refractivity contribution in [2.45, 2.75) is 26.2 Å². The number of aromatic nitrogens is 5. The molecule has 48 heavy (non-hydrogen) atoms. The standard InChI is InChI=1S/C38H44FN9/c1-6-26(16-30(7-2)44-24(3)14-25-8-10-40-11-9-25)28-18-33-37(46-47-38(33)43-21-28)35-20-32-34(22-41-23-36(32)45-35)27-15-29(39)19-31(17-27)42-12-13-48(4)5/h6-7,15-23,25,40,42,44-45H,2-3,8-14H2,1,4-5H3,(H,43,46,47)/b26-6+,30-16+. The van der Waals surface area contributed by atoms with Gasteiger partial charge in [0.05, 0.1) is 23.1 Å². The predicted octanol–water partition coefficient (Wildman–Crippen LogP) is 7.25. The molecule has 0 spiro atoms. The smallest absolute Gasteiger partial charge is 0.181 e. The SMILES string of the molecule is C=C/C(=C\C(=C/C)c1cnc2n[nH]c(-c3cc4c(-c5cc(F)cc(NCCN(C)C)c5)cncc4[nH]3)c2c1)NC(=C)CC1CCNCC1. The van der Waals surface area contributed by atoms with E-state index in [-0.39, 0.29) is 5.82 Å². The number of hydrogen-bond acceptors (Lipinski definition) is 7. The molecule has 0 unspecified atom stereocenters. The molecule has 5 heterocycles. The molecule has 5 N–H and O–H groups in total. The second-order valence-electron chi connectivity index (χ2n) is 12.7. The minimum atomic E-state index is -0.305. The van der Waals surface area contributed by atoms with Crippen LogP contribution in [0.5, 0.6) is 0 Å². The molecular formula is C38H44FN9. The number of hydrogen-bond donors (Lipinski definition) is 5. The van der Waals surface area contributed by atoms with Crippen molar-refractivity contribution >= 4 is 33.2 Å². The zero-order chi connectivity index (χ0) is 33.6. The number of benzene rings is 1. The molecule has 9 nitrogen and oxygen atoms in total. The Morgan fingerprint density at radius 3 is 2.69 bits per heavy atom. The Kier molecular flexibility index (Phi) is 10.1. The van der Waals surface area contributed by atoms with Crippen molar-refractivity contribution in [3.63, 3.8) is 0 Å². The van der Waals surface area contributed by atoms with Crippen LogP contribution in [0.25, 0.3) is 50.0 Å². The maximum Gasteiger partial charge on any atom is 0.181 e. The second kappa shape index (κ2) is 14.8. The van der Waals surface area contributed by atoms with Gasteiger partial charge in [-0.25, -0.2) is 9.37 Å². The van der Waals surface area contributed by atoms with E-state index in [0.29, 0.717) is 18.1 Å². The summed E-state index contributed by atoms with van der Waals surface area (Å²) in [4.78, 5) is 14.7. The summed E-state index contributed by atoms with van der Waals surface area (Å²) in [6, 6.07) is 9.18. The van der Waals surface area contributed by atoms with E-state index >= 15 is 0 Å². The van der Waals surface area contributed by atoms with Gasteiger partial charge in [-0.15, -0.1) is 0 Å². The molecule has 248 valence electrons. The van der Waals surface area contributed by atoms with Gasteiger partial charge in [0.15, 0.2) is 5.65 Å². The van der Waals surface area contributed by atoms with Crippen LogP contribution in [-0.2, 0) is 0 Å². The number of halogens is 1. The number of likely N-dealkylation sites (N-methyl/N-ethyl adjacent to an activating group) is 1. The van der Waals surface area contributed by atoms with Crippen LogP contribution >= 0.6 is 0 Å². The van der Waals surface area contributed by atoms with E-state index in [4.69, 9.17) is 0 Å². The lowest BCUT2D eigenvalue weighted by Gasteiger charge is -2.24. The lowest BCUT2D eigenvalue weighted by atomic mass is 9.93. The van der Waals surface area contributed by atoms with Gasteiger partial charge in [0.1, 0.15) is 5.82 Å². The summed E-state index contributed by atoms with van der Waals surface area (Å²) < 4.78 is 14.8.